The van der Waals surface area contributed by atoms with Crippen LogP contribution in [-0.4, -0.2) is 34.2 Å². The number of pyridine rings is 1. The molecule has 15 heavy (non-hydrogen) atoms. The van der Waals surface area contributed by atoms with Gasteiger partial charge >= 0.3 is 0 Å². The predicted octanol–water partition coefficient (Wildman–Crippen LogP) is 1.60. The Hall–Kier alpha value is -0.930. The van der Waals surface area contributed by atoms with Crippen LogP contribution in [-0.2, 0) is 0 Å². The van der Waals surface area contributed by atoms with Crippen molar-refractivity contribution >= 4 is 0 Å². The van der Waals surface area contributed by atoms with E-state index in [1.165, 1.54) is 0 Å². The number of hydrogen-bond acceptors (Lipinski definition) is 3. The second kappa shape index (κ2) is 4.73. The lowest BCUT2D eigenvalue weighted by molar-refractivity contribution is 0.0636. The van der Waals surface area contributed by atoms with Crippen molar-refractivity contribution in [1.82, 2.24) is 9.88 Å². The maximum atomic E-state index is 9.44. The van der Waals surface area contributed by atoms with Gasteiger partial charge in [-0.1, -0.05) is 6.07 Å². The van der Waals surface area contributed by atoms with E-state index in [0.29, 0.717) is 6.04 Å². The van der Waals surface area contributed by atoms with Gasteiger partial charge in [0.1, 0.15) is 0 Å². The predicted molar refractivity (Wildman–Crippen MR) is 59.5 cm³/mol. The average molecular weight is 206 g/mol. The second-order valence-electron chi connectivity index (χ2n) is 4.20. The van der Waals surface area contributed by atoms with Gasteiger partial charge in [0.2, 0.25) is 0 Å². The van der Waals surface area contributed by atoms with Gasteiger partial charge in [-0.25, -0.2) is 0 Å². The van der Waals surface area contributed by atoms with Gasteiger partial charge in [0.15, 0.2) is 0 Å². The van der Waals surface area contributed by atoms with E-state index in [2.05, 4.69) is 22.9 Å². The topological polar surface area (TPSA) is 36.4 Å². The lowest BCUT2D eigenvalue weighted by Crippen LogP contribution is -2.37. The van der Waals surface area contributed by atoms with E-state index in [4.69, 9.17) is 0 Å². The van der Waals surface area contributed by atoms with Crippen LogP contribution in [0, 0.1) is 0 Å². The maximum Gasteiger partial charge on any atom is 0.0572 e. The van der Waals surface area contributed by atoms with Crippen LogP contribution >= 0.6 is 0 Å². The first-order valence-corrected chi connectivity index (χ1v) is 5.60. The van der Waals surface area contributed by atoms with Gasteiger partial charge in [-0.2, -0.15) is 0 Å². The number of aromatic nitrogens is 1. The lowest BCUT2D eigenvalue weighted by atomic mass is 10.0. The molecule has 2 heterocycles. The third-order valence-electron chi connectivity index (χ3n) is 3.16. The fourth-order valence-corrected chi connectivity index (χ4v) is 2.08. The summed E-state index contributed by atoms with van der Waals surface area (Å²) in [5.41, 5.74) is 1.12. The van der Waals surface area contributed by atoms with Gasteiger partial charge in [0.25, 0.3) is 0 Å². The molecule has 0 saturated carbocycles. The van der Waals surface area contributed by atoms with Crippen LogP contribution in [0.1, 0.15) is 31.5 Å². The smallest absolute Gasteiger partial charge is 0.0572 e. The summed E-state index contributed by atoms with van der Waals surface area (Å²) in [6.07, 6.45) is 3.51. The van der Waals surface area contributed by atoms with Crippen molar-refractivity contribution in [3.63, 3.8) is 0 Å². The Kier molecular flexibility index (Phi) is 3.34. The van der Waals surface area contributed by atoms with Crippen molar-refractivity contribution in [3.8, 4) is 0 Å². The molecule has 0 aliphatic carbocycles. The van der Waals surface area contributed by atoms with Gasteiger partial charge in [0, 0.05) is 25.3 Å². The molecule has 0 bridgehead atoms. The van der Waals surface area contributed by atoms with E-state index in [9.17, 15) is 5.11 Å². The molecular weight excluding hydrogens is 188 g/mol. The first-order valence-electron chi connectivity index (χ1n) is 5.60. The zero-order valence-corrected chi connectivity index (χ0v) is 9.13. The third kappa shape index (κ3) is 2.55. The Morgan fingerprint density at radius 1 is 1.40 bits per heavy atom. The summed E-state index contributed by atoms with van der Waals surface area (Å²) < 4.78 is 0. The Bertz CT molecular complexity index is 294. The highest BCUT2D eigenvalue weighted by Gasteiger charge is 2.22. The number of piperidine rings is 1. The monoisotopic (exact) mass is 206 g/mol. The molecule has 1 saturated heterocycles. The number of aliphatic hydroxyl groups is 1. The number of aliphatic hydroxyl groups excluding tert-OH is 1. The molecule has 0 radical (unpaired) electrons. The van der Waals surface area contributed by atoms with Crippen molar-refractivity contribution in [2.45, 2.75) is 31.9 Å². The van der Waals surface area contributed by atoms with Gasteiger partial charge in [0.05, 0.1) is 11.8 Å². The van der Waals surface area contributed by atoms with Gasteiger partial charge in [-0.05, 0) is 31.9 Å². The van der Waals surface area contributed by atoms with Crippen molar-refractivity contribution in [1.29, 1.82) is 0 Å². The van der Waals surface area contributed by atoms with E-state index in [1.54, 1.807) is 0 Å². The first-order chi connectivity index (χ1) is 7.27. The second-order valence-corrected chi connectivity index (χ2v) is 4.20. The van der Waals surface area contributed by atoms with Crippen molar-refractivity contribution in [3.05, 3.63) is 30.1 Å². The highest BCUT2D eigenvalue weighted by molar-refractivity contribution is 5.08. The molecule has 1 aliphatic heterocycles. The molecule has 1 aliphatic rings. The molecule has 0 unspecified atom stereocenters. The zero-order valence-electron chi connectivity index (χ0n) is 9.13. The molecule has 1 N–H and O–H groups in total. The summed E-state index contributed by atoms with van der Waals surface area (Å²) in [4.78, 5) is 6.75. The molecule has 82 valence electrons. The van der Waals surface area contributed by atoms with Crippen LogP contribution in [0.15, 0.2) is 24.4 Å². The minimum atomic E-state index is -0.0998. The van der Waals surface area contributed by atoms with Gasteiger partial charge in [-0.15, -0.1) is 0 Å². The van der Waals surface area contributed by atoms with E-state index in [0.717, 1.165) is 31.6 Å². The number of nitrogens with zero attached hydrogens (tertiary/aromatic N) is 2. The Labute approximate surface area is 90.8 Å². The van der Waals surface area contributed by atoms with Crippen molar-refractivity contribution in [2.75, 3.05) is 13.1 Å². The molecule has 2 rings (SSSR count). The van der Waals surface area contributed by atoms with Crippen LogP contribution in [0.25, 0.3) is 0 Å². The first kappa shape index (κ1) is 10.6. The standard InChI is InChI=1S/C12H18N2O/c1-10(12-4-2-3-7-13-12)14-8-5-11(15)6-9-14/h2-4,7,10-11,15H,5-6,8-9H2,1H3/t10-/m0/s1. The highest BCUT2D eigenvalue weighted by Crippen LogP contribution is 2.22. The van der Waals surface area contributed by atoms with E-state index >= 15 is 0 Å². The summed E-state index contributed by atoms with van der Waals surface area (Å²) in [5.74, 6) is 0. The summed E-state index contributed by atoms with van der Waals surface area (Å²) in [5, 5.41) is 9.44. The molecule has 3 heteroatoms. The van der Waals surface area contributed by atoms with Crippen LogP contribution < -0.4 is 0 Å². The van der Waals surface area contributed by atoms with Crippen molar-refractivity contribution < 1.29 is 5.11 Å². The van der Waals surface area contributed by atoms with E-state index < -0.39 is 0 Å². The Morgan fingerprint density at radius 3 is 2.73 bits per heavy atom. The average Bonchev–Trinajstić information content (AvgIpc) is 2.30. The fourth-order valence-electron chi connectivity index (χ4n) is 2.08. The molecule has 0 aromatic carbocycles. The van der Waals surface area contributed by atoms with Crippen LogP contribution in [0.3, 0.4) is 0 Å². The molecule has 1 fully saturated rings. The summed E-state index contributed by atoms with van der Waals surface area (Å²) >= 11 is 0. The molecule has 3 nitrogen and oxygen atoms in total. The lowest BCUT2D eigenvalue weighted by Gasteiger charge is -2.33. The minimum Gasteiger partial charge on any atom is -0.393 e. The highest BCUT2D eigenvalue weighted by atomic mass is 16.3. The number of hydrogen-bond donors (Lipinski definition) is 1. The number of rotatable bonds is 2. The SMILES string of the molecule is C[C@@H](c1ccccn1)N1CCC(O)CC1. The summed E-state index contributed by atoms with van der Waals surface area (Å²) in [6, 6.07) is 6.39. The summed E-state index contributed by atoms with van der Waals surface area (Å²) in [6.45, 7) is 4.12. The molecule has 1 atom stereocenters. The minimum absolute atomic E-state index is 0.0998. The number of likely N-dealkylation sites (tertiary alicyclic amines) is 1. The van der Waals surface area contributed by atoms with Gasteiger partial charge in [-0.3, -0.25) is 9.88 Å². The van der Waals surface area contributed by atoms with Crippen LogP contribution in [0.4, 0.5) is 0 Å². The molecule has 1 aromatic heterocycles. The van der Waals surface area contributed by atoms with Gasteiger partial charge < -0.3 is 5.11 Å². The molecule has 0 spiro atoms. The van der Waals surface area contributed by atoms with Crippen LogP contribution in [0.5, 0.6) is 0 Å². The fraction of sp³-hybridized carbons (Fsp3) is 0.583. The Morgan fingerprint density at radius 2 is 2.13 bits per heavy atom. The molecule has 1 aromatic rings. The molecule has 0 amide bonds. The van der Waals surface area contributed by atoms with E-state index in [1.807, 2.05) is 18.3 Å². The summed E-state index contributed by atoms with van der Waals surface area (Å²) in [7, 11) is 0. The zero-order chi connectivity index (χ0) is 10.7. The maximum absolute atomic E-state index is 9.44. The van der Waals surface area contributed by atoms with Crippen molar-refractivity contribution in [2.24, 2.45) is 0 Å². The van der Waals surface area contributed by atoms with Crippen LogP contribution in [0.2, 0.25) is 0 Å². The molecular formula is C12H18N2O. The largest absolute Gasteiger partial charge is 0.393 e. The quantitative estimate of drug-likeness (QED) is 0.798. The third-order valence-corrected chi connectivity index (χ3v) is 3.16. The Balaban J connectivity index is 1.99. The normalized spacial score (nSPS) is 21.5. The van der Waals surface area contributed by atoms with E-state index in [-0.39, 0.29) is 6.10 Å².